The van der Waals surface area contributed by atoms with Crippen molar-refractivity contribution >= 4 is 28.4 Å². The topological polar surface area (TPSA) is 104 Å². The van der Waals surface area contributed by atoms with Gasteiger partial charge in [-0.15, -0.1) is 0 Å². The quantitative estimate of drug-likeness (QED) is 0.687. The van der Waals surface area contributed by atoms with E-state index in [2.05, 4.69) is 16.4 Å². The number of nitrogens with two attached hydrogens (primary N) is 1. The Morgan fingerprint density at radius 2 is 2.07 bits per heavy atom. The van der Waals surface area contributed by atoms with Crippen LogP contribution in [-0.2, 0) is 0 Å². The second kappa shape index (κ2) is 8.27. The molecule has 2 amide bonds. The van der Waals surface area contributed by atoms with E-state index in [1.165, 1.54) is 4.90 Å². The molecule has 7 heteroatoms. The minimum atomic E-state index is -0.571. The fourth-order valence-corrected chi connectivity index (χ4v) is 3.00. The van der Waals surface area contributed by atoms with Crippen LogP contribution in [0.15, 0.2) is 48.5 Å². The number of amides is 2. The van der Waals surface area contributed by atoms with Gasteiger partial charge in [-0.2, -0.15) is 5.26 Å². The van der Waals surface area contributed by atoms with E-state index in [4.69, 9.17) is 10.5 Å². The van der Waals surface area contributed by atoms with Gasteiger partial charge in [0.05, 0.1) is 18.2 Å². The number of primary amides is 1. The second-order valence-electron chi connectivity index (χ2n) is 6.26. The molecule has 28 heavy (non-hydrogen) atoms. The number of aryl methyl sites for hydroxylation is 1. The minimum absolute atomic E-state index is 0.306. The van der Waals surface area contributed by atoms with Crippen LogP contribution in [0.2, 0.25) is 0 Å². The Hall–Kier alpha value is -3.79. The van der Waals surface area contributed by atoms with E-state index in [9.17, 15) is 10.1 Å². The van der Waals surface area contributed by atoms with Crippen LogP contribution >= 0.6 is 0 Å². The summed E-state index contributed by atoms with van der Waals surface area (Å²) in [5.74, 6) is 1.12. The Morgan fingerprint density at radius 3 is 2.79 bits per heavy atom. The normalized spacial score (nSPS) is 10.3. The first-order chi connectivity index (χ1) is 13.5. The van der Waals surface area contributed by atoms with Gasteiger partial charge in [0.1, 0.15) is 17.6 Å². The molecule has 0 aliphatic rings. The average Bonchev–Trinajstić information content (AvgIpc) is 2.71. The van der Waals surface area contributed by atoms with E-state index in [-0.39, 0.29) is 0 Å². The van der Waals surface area contributed by atoms with Crippen molar-refractivity contribution in [2.45, 2.75) is 6.92 Å². The highest BCUT2D eigenvalue weighted by atomic mass is 16.5. The monoisotopic (exact) mass is 375 g/mol. The summed E-state index contributed by atoms with van der Waals surface area (Å²) in [5, 5.41) is 13.5. The first-order valence-corrected chi connectivity index (χ1v) is 8.79. The third-order valence-electron chi connectivity index (χ3n) is 4.43. The molecular formula is C21H21N5O2. The Labute approximate surface area is 163 Å². The van der Waals surface area contributed by atoms with E-state index < -0.39 is 6.03 Å². The number of rotatable bonds is 6. The number of fused-ring (bicyclic) bond motifs is 1. The number of urea groups is 1. The Kier molecular flexibility index (Phi) is 5.61. The molecule has 0 unspecified atom stereocenters. The van der Waals surface area contributed by atoms with Crippen LogP contribution in [0.25, 0.3) is 10.9 Å². The summed E-state index contributed by atoms with van der Waals surface area (Å²) in [6, 6.07) is 16.4. The van der Waals surface area contributed by atoms with Gasteiger partial charge in [0, 0.05) is 30.2 Å². The minimum Gasteiger partial charge on any atom is -0.497 e. The molecule has 3 rings (SSSR count). The number of ether oxygens (including phenoxy) is 1. The average molecular weight is 375 g/mol. The summed E-state index contributed by atoms with van der Waals surface area (Å²) in [6.07, 6.45) is 0. The van der Waals surface area contributed by atoms with E-state index in [0.717, 1.165) is 16.5 Å². The number of nitrogens with one attached hydrogen (secondary N) is 1. The molecule has 0 atom stereocenters. The number of methoxy groups -OCH3 is 1. The van der Waals surface area contributed by atoms with Gasteiger partial charge < -0.3 is 15.8 Å². The fourth-order valence-electron chi connectivity index (χ4n) is 3.00. The Balaban J connectivity index is 1.80. The first-order valence-electron chi connectivity index (χ1n) is 8.79. The highest BCUT2D eigenvalue weighted by Gasteiger charge is 2.14. The van der Waals surface area contributed by atoms with Crippen LogP contribution in [0.1, 0.15) is 11.1 Å². The Bertz CT molecular complexity index is 1060. The standard InChI is InChI=1S/C21H21N5O2/c1-14-5-3-6-15-11-16(13-22)20(25-19(14)15)24-9-10-26(21(23)27)17-7-4-8-18(12-17)28-2/h3-8,11-12H,9-10H2,1-2H3,(H2,23,27)(H,24,25). The predicted molar refractivity (Wildman–Crippen MR) is 110 cm³/mol. The number of para-hydroxylation sites is 1. The zero-order valence-corrected chi connectivity index (χ0v) is 15.8. The summed E-state index contributed by atoms with van der Waals surface area (Å²) >= 11 is 0. The van der Waals surface area contributed by atoms with E-state index in [1.54, 1.807) is 31.4 Å². The molecule has 3 aromatic rings. The van der Waals surface area contributed by atoms with Gasteiger partial charge in [0.15, 0.2) is 0 Å². The molecule has 0 saturated carbocycles. The number of hydrogen-bond donors (Lipinski definition) is 2. The van der Waals surface area contributed by atoms with Crippen molar-refractivity contribution in [3.8, 4) is 11.8 Å². The lowest BCUT2D eigenvalue weighted by Crippen LogP contribution is -2.39. The Morgan fingerprint density at radius 1 is 1.29 bits per heavy atom. The molecule has 7 nitrogen and oxygen atoms in total. The molecule has 0 aliphatic heterocycles. The predicted octanol–water partition coefficient (Wildman–Crippen LogP) is 3.42. The molecule has 0 aliphatic carbocycles. The molecule has 1 aromatic heterocycles. The van der Waals surface area contributed by atoms with Gasteiger partial charge in [-0.05, 0) is 30.7 Å². The first kappa shape index (κ1) is 19.0. The van der Waals surface area contributed by atoms with Crippen molar-refractivity contribution in [1.82, 2.24) is 4.98 Å². The lowest BCUT2D eigenvalue weighted by molar-refractivity contribution is 0.254. The van der Waals surface area contributed by atoms with Crippen LogP contribution in [0.4, 0.5) is 16.3 Å². The number of anilines is 2. The molecule has 0 spiro atoms. The van der Waals surface area contributed by atoms with Gasteiger partial charge in [0.25, 0.3) is 0 Å². The van der Waals surface area contributed by atoms with Crippen molar-refractivity contribution < 1.29 is 9.53 Å². The maximum atomic E-state index is 11.9. The summed E-state index contributed by atoms with van der Waals surface area (Å²) < 4.78 is 5.20. The lowest BCUT2D eigenvalue weighted by Gasteiger charge is -2.21. The SMILES string of the molecule is COc1cccc(N(CCNc2nc3c(C)cccc3cc2C#N)C(N)=O)c1. The number of carbonyl (C=O) groups excluding carboxylic acids is 1. The highest BCUT2D eigenvalue weighted by molar-refractivity contribution is 5.91. The number of hydrogen-bond acceptors (Lipinski definition) is 5. The number of carbonyl (C=O) groups is 1. The van der Waals surface area contributed by atoms with Crippen LogP contribution in [0.5, 0.6) is 5.75 Å². The third kappa shape index (κ3) is 3.96. The van der Waals surface area contributed by atoms with Gasteiger partial charge in [0.2, 0.25) is 0 Å². The largest absolute Gasteiger partial charge is 0.497 e. The smallest absolute Gasteiger partial charge is 0.319 e. The van der Waals surface area contributed by atoms with Crippen LogP contribution in [-0.4, -0.2) is 31.2 Å². The molecule has 0 bridgehead atoms. The zero-order chi connectivity index (χ0) is 20.1. The molecule has 0 saturated heterocycles. The highest BCUT2D eigenvalue weighted by Crippen LogP contribution is 2.23. The molecule has 1 heterocycles. The van der Waals surface area contributed by atoms with Crippen LogP contribution in [0.3, 0.4) is 0 Å². The summed E-state index contributed by atoms with van der Waals surface area (Å²) in [6.45, 7) is 2.66. The van der Waals surface area contributed by atoms with Gasteiger partial charge in [-0.1, -0.05) is 24.3 Å². The van der Waals surface area contributed by atoms with Gasteiger partial charge in [-0.3, -0.25) is 4.90 Å². The van der Waals surface area contributed by atoms with E-state index in [1.807, 2.05) is 31.2 Å². The molecule has 2 aromatic carbocycles. The molecule has 3 N–H and O–H groups in total. The summed E-state index contributed by atoms with van der Waals surface area (Å²) in [4.78, 5) is 17.9. The molecular weight excluding hydrogens is 354 g/mol. The van der Waals surface area contributed by atoms with Crippen LogP contribution in [0, 0.1) is 18.3 Å². The second-order valence-corrected chi connectivity index (χ2v) is 6.26. The number of nitrogens with zero attached hydrogens (tertiary/aromatic N) is 3. The van der Waals surface area contributed by atoms with Crippen LogP contribution < -0.4 is 20.7 Å². The summed E-state index contributed by atoms with van der Waals surface area (Å²) in [5.41, 5.74) is 8.49. The fraction of sp³-hybridized carbons (Fsp3) is 0.190. The summed E-state index contributed by atoms with van der Waals surface area (Å²) in [7, 11) is 1.56. The molecule has 0 radical (unpaired) electrons. The lowest BCUT2D eigenvalue weighted by atomic mass is 10.1. The van der Waals surface area contributed by atoms with Crippen molar-refractivity contribution in [2.75, 3.05) is 30.4 Å². The van der Waals surface area contributed by atoms with Gasteiger partial charge in [-0.25, -0.2) is 9.78 Å². The van der Waals surface area contributed by atoms with Crippen molar-refractivity contribution in [3.63, 3.8) is 0 Å². The van der Waals surface area contributed by atoms with E-state index >= 15 is 0 Å². The number of nitriles is 1. The van der Waals surface area contributed by atoms with Gasteiger partial charge >= 0.3 is 6.03 Å². The van der Waals surface area contributed by atoms with Crippen molar-refractivity contribution in [1.29, 1.82) is 5.26 Å². The van der Waals surface area contributed by atoms with Crippen molar-refractivity contribution in [2.24, 2.45) is 5.73 Å². The molecule has 0 fully saturated rings. The number of aromatic nitrogens is 1. The van der Waals surface area contributed by atoms with E-state index in [0.29, 0.717) is 35.9 Å². The zero-order valence-electron chi connectivity index (χ0n) is 15.8. The molecule has 142 valence electrons. The maximum Gasteiger partial charge on any atom is 0.319 e. The number of pyridine rings is 1. The maximum absolute atomic E-state index is 11.9. The van der Waals surface area contributed by atoms with Crippen molar-refractivity contribution in [3.05, 3.63) is 59.7 Å². The third-order valence-corrected chi connectivity index (χ3v) is 4.43. The number of benzene rings is 2.